The average Bonchev–Trinajstić information content (AvgIpc) is 3.01. The summed E-state index contributed by atoms with van der Waals surface area (Å²) >= 11 is 0. The van der Waals surface area contributed by atoms with E-state index in [0.717, 1.165) is 32.8 Å². The van der Waals surface area contributed by atoms with Crippen LogP contribution in [0.15, 0.2) is 0 Å². The number of rotatable bonds is 10. The van der Waals surface area contributed by atoms with E-state index < -0.39 is 0 Å². The molecule has 2 rings (SSSR count). The minimum atomic E-state index is 0.616. The Morgan fingerprint density at radius 2 is 2.00 bits per heavy atom. The van der Waals surface area contributed by atoms with Gasteiger partial charge in [-0.1, -0.05) is 6.42 Å². The van der Waals surface area contributed by atoms with Gasteiger partial charge in [0.05, 0.1) is 0 Å². The first kappa shape index (κ1) is 18.1. The van der Waals surface area contributed by atoms with Crippen LogP contribution in [0.2, 0.25) is 0 Å². The van der Waals surface area contributed by atoms with Crippen molar-refractivity contribution in [1.29, 1.82) is 0 Å². The van der Waals surface area contributed by atoms with Gasteiger partial charge in [-0.3, -0.25) is 4.90 Å². The second kappa shape index (κ2) is 10.5. The van der Waals surface area contributed by atoms with E-state index in [0.29, 0.717) is 12.1 Å². The summed E-state index contributed by atoms with van der Waals surface area (Å²) in [6.45, 7) is 9.41. The standard InChI is InChI=1S/C16H36N6/c17-6-2-1-3-10-21-12-9-20-15(13-21)16-5-4-11-22(16)14-19-8-7-18/h15-16,19-20H,1-14,17-18H2. The molecule has 6 N–H and O–H groups in total. The predicted molar refractivity (Wildman–Crippen MR) is 92.8 cm³/mol. The van der Waals surface area contributed by atoms with Crippen LogP contribution in [-0.2, 0) is 0 Å². The van der Waals surface area contributed by atoms with E-state index in [2.05, 4.69) is 20.4 Å². The molecule has 2 atom stereocenters. The molecule has 0 aromatic carbocycles. The second-order valence-corrected chi connectivity index (χ2v) is 6.68. The molecular weight excluding hydrogens is 276 g/mol. The van der Waals surface area contributed by atoms with Gasteiger partial charge in [0.25, 0.3) is 0 Å². The van der Waals surface area contributed by atoms with Gasteiger partial charge in [0.1, 0.15) is 0 Å². The fraction of sp³-hybridized carbons (Fsp3) is 1.00. The first-order chi connectivity index (χ1) is 10.8. The summed E-state index contributed by atoms with van der Waals surface area (Å²) in [5.74, 6) is 0. The highest BCUT2D eigenvalue weighted by atomic mass is 15.3. The Bertz CT molecular complexity index is 288. The average molecular weight is 313 g/mol. The minimum absolute atomic E-state index is 0.616. The number of piperazine rings is 1. The van der Waals surface area contributed by atoms with E-state index >= 15 is 0 Å². The van der Waals surface area contributed by atoms with E-state index in [-0.39, 0.29) is 0 Å². The zero-order chi connectivity index (χ0) is 15.6. The minimum Gasteiger partial charge on any atom is -0.330 e. The van der Waals surface area contributed by atoms with Gasteiger partial charge in [0.15, 0.2) is 0 Å². The fourth-order valence-corrected chi connectivity index (χ4v) is 3.79. The van der Waals surface area contributed by atoms with E-state index in [4.69, 9.17) is 11.5 Å². The normalized spacial score (nSPS) is 27.5. The number of unbranched alkanes of at least 4 members (excludes halogenated alkanes) is 2. The van der Waals surface area contributed by atoms with Crippen molar-refractivity contribution in [2.24, 2.45) is 11.5 Å². The number of hydrogen-bond donors (Lipinski definition) is 4. The molecule has 0 aromatic rings. The van der Waals surface area contributed by atoms with Gasteiger partial charge < -0.3 is 27.0 Å². The molecule has 2 saturated heterocycles. The zero-order valence-corrected chi connectivity index (χ0v) is 14.1. The Kier molecular flexibility index (Phi) is 8.66. The molecule has 2 fully saturated rings. The molecule has 130 valence electrons. The largest absolute Gasteiger partial charge is 0.330 e. The smallest absolute Gasteiger partial charge is 0.0484 e. The number of likely N-dealkylation sites (tertiary alicyclic amines) is 1. The highest BCUT2D eigenvalue weighted by Crippen LogP contribution is 2.21. The Hall–Kier alpha value is -0.240. The maximum absolute atomic E-state index is 5.57. The Balaban J connectivity index is 1.73. The highest BCUT2D eigenvalue weighted by molar-refractivity contribution is 4.93. The molecule has 0 aromatic heterocycles. The monoisotopic (exact) mass is 312 g/mol. The van der Waals surface area contributed by atoms with Crippen molar-refractivity contribution in [1.82, 2.24) is 20.4 Å². The molecule has 2 unspecified atom stereocenters. The lowest BCUT2D eigenvalue weighted by Gasteiger charge is -2.39. The van der Waals surface area contributed by atoms with Gasteiger partial charge in [0, 0.05) is 51.5 Å². The van der Waals surface area contributed by atoms with Crippen LogP contribution in [0.1, 0.15) is 32.1 Å². The molecule has 6 heteroatoms. The maximum Gasteiger partial charge on any atom is 0.0484 e. The number of nitrogens with zero attached hydrogens (tertiary/aromatic N) is 2. The van der Waals surface area contributed by atoms with Gasteiger partial charge in [-0.15, -0.1) is 0 Å². The Morgan fingerprint density at radius 3 is 2.82 bits per heavy atom. The van der Waals surface area contributed by atoms with Gasteiger partial charge in [-0.25, -0.2) is 0 Å². The van der Waals surface area contributed by atoms with Crippen LogP contribution < -0.4 is 22.1 Å². The van der Waals surface area contributed by atoms with E-state index in [1.807, 2.05) is 0 Å². The summed E-state index contributed by atoms with van der Waals surface area (Å²) < 4.78 is 0. The van der Waals surface area contributed by atoms with Crippen LogP contribution >= 0.6 is 0 Å². The molecule has 0 aliphatic carbocycles. The predicted octanol–water partition coefficient (Wildman–Crippen LogP) is -0.641. The molecular formula is C16H36N6. The quantitative estimate of drug-likeness (QED) is 0.402. The molecule has 0 bridgehead atoms. The summed E-state index contributed by atoms with van der Waals surface area (Å²) in [5, 5.41) is 7.21. The molecule has 22 heavy (non-hydrogen) atoms. The van der Waals surface area contributed by atoms with Crippen LogP contribution in [0, 0.1) is 0 Å². The van der Waals surface area contributed by atoms with Gasteiger partial charge in [0.2, 0.25) is 0 Å². The Morgan fingerprint density at radius 1 is 1.09 bits per heavy atom. The van der Waals surface area contributed by atoms with E-state index in [1.165, 1.54) is 58.3 Å². The Labute approximate surface area is 136 Å². The van der Waals surface area contributed by atoms with Crippen LogP contribution in [0.4, 0.5) is 0 Å². The molecule has 2 heterocycles. The number of nitrogens with one attached hydrogen (secondary N) is 2. The second-order valence-electron chi connectivity index (χ2n) is 6.68. The first-order valence-corrected chi connectivity index (χ1v) is 9.15. The lowest BCUT2D eigenvalue weighted by molar-refractivity contribution is 0.124. The van der Waals surface area contributed by atoms with Crippen molar-refractivity contribution < 1.29 is 0 Å². The lowest BCUT2D eigenvalue weighted by atomic mass is 10.0. The van der Waals surface area contributed by atoms with Crippen LogP contribution in [0.25, 0.3) is 0 Å². The lowest BCUT2D eigenvalue weighted by Crippen LogP contribution is -2.59. The molecule has 2 aliphatic rings. The van der Waals surface area contributed by atoms with E-state index in [1.54, 1.807) is 0 Å². The highest BCUT2D eigenvalue weighted by Gasteiger charge is 2.33. The number of hydrogen-bond acceptors (Lipinski definition) is 6. The topological polar surface area (TPSA) is 82.6 Å². The van der Waals surface area contributed by atoms with E-state index in [9.17, 15) is 0 Å². The molecule has 0 radical (unpaired) electrons. The third kappa shape index (κ3) is 5.76. The van der Waals surface area contributed by atoms with Crippen LogP contribution in [0.5, 0.6) is 0 Å². The molecule has 0 saturated carbocycles. The van der Waals surface area contributed by atoms with Crippen LogP contribution in [0.3, 0.4) is 0 Å². The molecule has 0 spiro atoms. The third-order valence-corrected chi connectivity index (χ3v) is 4.98. The van der Waals surface area contributed by atoms with Crippen molar-refractivity contribution in [2.75, 3.05) is 59.0 Å². The molecule has 0 amide bonds. The number of nitrogens with two attached hydrogens (primary N) is 2. The molecule has 6 nitrogen and oxygen atoms in total. The SMILES string of the molecule is NCCCCCN1CCNC(C2CCCN2CNCCN)C1. The molecule has 2 aliphatic heterocycles. The van der Waals surface area contributed by atoms with Crippen LogP contribution in [-0.4, -0.2) is 80.9 Å². The summed E-state index contributed by atoms with van der Waals surface area (Å²) in [4.78, 5) is 5.24. The first-order valence-electron chi connectivity index (χ1n) is 9.15. The van der Waals surface area contributed by atoms with Crippen molar-refractivity contribution in [2.45, 2.75) is 44.2 Å². The van der Waals surface area contributed by atoms with Gasteiger partial charge in [-0.2, -0.15) is 0 Å². The fourth-order valence-electron chi connectivity index (χ4n) is 3.79. The van der Waals surface area contributed by atoms with Gasteiger partial charge in [-0.05, 0) is 45.3 Å². The van der Waals surface area contributed by atoms with Crippen molar-refractivity contribution >= 4 is 0 Å². The van der Waals surface area contributed by atoms with Crippen molar-refractivity contribution in [3.8, 4) is 0 Å². The van der Waals surface area contributed by atoms with Gasteiger partial charge >= 0.3 is 0 Å². The third-order valence-electron chi connectivity index (χ3n) is 4.98. The van der Waals surface area contributed by atoms with Crippen molar-refractivity contribution in [3.05, 3.63) is 0 Å². The summed E-state index contributed by atoms with van der Waals surface area (Å²) in [7, 11) is 0. The summed E-state index contributed by atoms with van der Waals surface area (Å²) in [5.41, 5.74) is 11.1. The summed E-state index contributed by atoms with van der Waals surface area (Å²) in [6.07, 6.45) is 6.37. The summed E-state index contributed by atoms with van der Waals surface area (Å²) in [6, 6.07) is 1.29. The maximum atomic E-state index is 5.57. The van der Waals surface area contributed by atoms with Crippen molar-refractivity contribution in [3.63, 3.8) is 0 Å². The zero-order valence-electron chi connectivity index (χ0n) is 14.1.